The van der Waals surface area contributed by atoms with Crippen molar-refractivity contribution < 1.29 is 0 Å². The second-order valence-electron chi connectivity index (χ2n) is 3.78. The van der Waals surface area contributed by atoms with Gasteiger partial charge in [-0.25, -0.2) is 4.98 Å². The number of rotatable bonds is 5. The molecule has 2 heterocycles. The minimum absolute atomic E-state index is 0.891. The van der Waals surface area contributed by atoms with Gasteiger partial charge in [0.25, 0.3) is 0 Å². The van der Waals surface area contributed by atoms with E-state index in [4.69, 9.17) is 0 Å². The molecule has 0 unspecified atom stereocenters. The van der Waals surface area contributed by atoms with Crippen LogP contribution in [0.5, 0.6) is 0 Å². The molecule has 17 heavy (non-hydrogen) atoms. The third-order valence-corrected chi connectivity index (χ3v) is 3.58. The van der Waals surface area contributed by atoms with Crippen molar-refractivity contribution in [3.05, 3.63) is 35.0 Å². The number of nitrogens with zero attached hydrogens (tertiary/aromatic N) is 2. The van der Waals surface area contributed by atoms with E-state index in [2.05, 4.69) is 35.2 Å². The van der Waals surface area contributed by atoms with E-state index < -0.39 is 0 Å². The number of hydrogen-bond donors (Lipinski definition) is 1. The lowest BCUT2D eigenvalue weighted by atomic mass is 10.1. The van der Waals surface area contributed by atoms with Crippen molar-refractivity contribution in [1.29, 1.82) is 0 Å². The van der Waals surface area contributed by atoms with Crippen LogP contribution >= 0.6 is 11.3 Å². The van der Waals surface area contributed by atoms with E-state index in [1.165, 1.54) is 10.4 Å². The van der Waals surface area contributed by atoms with Crippen molar-refractivity contribution in [2.24, 2.45) is 0 Å². The molecule has 0 atom stereocenters. The molecule has 0 amide bonds. The Kier molecular flexibility index (Phi) is 4.23. The number of nitrogens with one attached hydrogen (secondary N) is 1. The quantitative estimate of drug-likeness (QED) is 0.883. The van der Waals surface area contributed by atoms with E-state index in [1.54, 1.807) is 11.3 Å². The van der Waals surface area contributed by atoms with Crippen molar-refractivity contribution >= 4 is 11.3 Å². The number of aromatic nitrogens is 2. The minimum Gasteiger partial charge on any atom is -0.312 e. The maximum absolute atomic E-state index is 4.46. The fourth-order valence-corrected chi connectivity index (χ4v) is 2.58. The van der Waals surface area contributed by atoms with E-state index in [9.17, 15) is 0 Å². The molecule has 2 aromatic heterocycles. The van der Waals surface area contributed by atoms with Gasteiger partial charge in [0.1, 0.15) is 10.7 Å². The highest BCUT2D eigenvalue weighted by molar-refractivity contribution is 7.15. The first-order valence-electron chi connectivity index (χ1n) is 5.94. The summed E-state index contributed by atoms with van der Waals surface area (Å²) in [7, 11) is 0. The molecule has 0 aromatic carbocycles. The molecule has 0 spiro atoms. The van der Waals surface area contributed by atoms with E-state index in [-0.39, 0.29) is 0 Å². The largest absolute Gasteiger partial charge is 0.312 e. The molecular formula is C13H17N3S. The standard InChI is InChI=1S/C13H17N3S/c1-3-10-6-5-7-15-12(10)13-16-9-11(17-13)8-14-4-2/h5-7,9,14H,3-4,8H2,1-2H3. The van der Waals surface area contributed by atoms with E-state index in [0.29, 0.717) is 0 Å². The van der Waals surface area contributed by atoms with Gasteiger partial charge in [-0.3, -0.25) is 4.98 Å². The van der Waals surface area contributed by atoms with Crippen molar-refractivity contribution in [2.45, 2.75) is 26.8 Å². The minimum atomic E-state index is 0.891. The van der Waals surface area contributed by atoms with Gasteiger partial charge in [-0.15, -0.1) is 11.3 Å². The summed E-state index contributed by atoms with van der Waals surface area (Å²) in [5.41, 5.74) is 2.29. The lowest BCUT2D eigenvalue weighted by molar-refractivity contribution is 0.734. The predicted molar refractivity (Wildman–Crippen MR) is 72.1 cm³/mol. The van der Waals surface area contributed by atoms with Crippen molar-refractivity contribution in [1.82, 2.24) is 15.3 Å². The average molecular weight is 247 g/mol. The topological polar surface area (TPSA) is 37.8 Å². The summed E-state index contributed by atoms with van der Waals surface area (Å²) in [6, 6.07) is 4.10. The van der Waals surface area contributed by atoms with Crippen molar-refractivity contribution in [3.8, 4) is 10.7 Å². The first kappa shape index (κ1) is 12.2. The fourth-order valence-electron chi connectivity index (χ4n) is 1.66. The monoisotopic (exact) mass is 247 g/mol. The van der Waals surface area contributed by atoms with Crippen molar-refractivity contribution in [2.75, 3.05) is 6.54 Å². The molecule has 2 aromatic rings. The summed E-state index contributed by atoms with van der Waals surface area (Å²) >= 11 is 1.72. The normalized spacial score (nSPS) is 10.7. The zero-order valence-electron chi connectivity index (χ0n) is 10.2. The van der Waals surface area contributed by atoms with Crippen LogP contribution in [0, 0.1) is 0 Å². The van der Waals surface area contributed by atoms with Gasteiger partial charge in [-0.05, 0) is 24.6 Å². The van der Waals surface area contributed by atoms with Crippen LogP contribution in [0.15, 0.2) is 24.5 Å². The number of pyridine rings is 1. The van der Waals surface area contributed by atoms with Crippen LogP contribution in [0.25, 0.3) is 10.7 Å². The van der Waals surface area contributed by atoms with Crippen LogP contribution in [0.3, 0.4) is 0 Å². The Morgan fingerprint density at radius 1 is 1.29 bits per heavy atom. The molecule has 0 radical (unpaired) electrons. The summed E-state index contributed by atoms with van der Waals surface area (Å²) in [6.07, 6.45) is 4.77. The number of aryl methyl sites for hydroxylation is 1. The Bertz CT molecular complexity index is 479. The van der Waals surface area contributed by atoms with Gasteiger partial charge in [-0.1, -0.05) is 19.9 Å². The van der Waals surface area contributed by atoms with Gasteiger partial charge in [0.2, 0.25) is 0 Å². The van der Waals surface area contributed by atoms with Gasteiger partial charge >= 0.3 is 0 Å². The third kappa shape index (κ3) is 2.90. The molecule has 0 bridgehead atoms. The molecule has 0 fully saturated rings. The van der Waals surface area contributed by atoms with Gasteiger partial charge < -0.3 is 5.32 Å². The summed E-state index contributed by atoms with van der Waals surface area (Å²) in [6.45, 7) is 6.13. The van der Waals surface area contributed by atoms with Crippen LogP contribution in [0.1, 0.15) is 24.3 Å². The van der Waals surface area contributed by atoms with Crippen LogP contribution in [0.2, 0.25) is 0 Å². The second-order valence-corrected chi connectivity index (χ2v) is 4.89. The van der Waals surface area contributed by atoms with Crippen LogP contribution in [0.4, 0.5) is 0 Å². The first-order valence-corrected chi connectivity index (χ1v) is 6.76. The summed E-state index contributed by atoms with van der Waals surface area (Å²) in [4.78, 5) is 10.2. The molecule has 0 aliphatic rings. The molecule has 90 valence electrons. The SMILES string of the molecule is CCNCc1cnc(-c2ncccc2CC)s1. The van der Waals surface area contributed by atoms with Crippen LogP contribution in [-0.2, 0) is 13.0 Å². The lowest BCUT2D eigenvalue weighted by Gasteiger charge is -2.02. The average Bonchev–Trinajstić information content (AvgIpc) is 2.85. The number of thiazole rings is 1. The molecule has 0 saturated carbocycles. The van der Waals surface area contributed by atoms with E-state index in [0.717, 1.165) is 30.2 Å². The number of hydrogen-bond acceptors (Lipinski definition) is 4. The Morgan fingerprint density at radius 3 is 2.94 bits per heavy atom. The Labute approximate surface area is 106 Å². The maximum atomic E-state index is 4.46. The molecule has 4 heteroatoms. The highest BCUT2D eigenvalue weighted by Crippen LogP contribution is 2.26. The second kappa shape index (κ2) is 5.89. The van der Waals surface area contributed by atoms with Gasteiger partial charge in [0.05, 0.1) is 0 Å². The van der Waals surface area contributed by atoms with Crippen LogP contribution < -0.4 is 5.32 Å². The summed E-state index contributed by atoms with van der Waals surface area (Å²) in [5.74, 6) is 0. The van der Waals surface area contributed by atoms with Gasteiger partial charge in [0.15, 0.2) is 0 Å². The molecule has 0 aliphatic carbocycles. The first-order chi connectivity index (χ1) is 8.35. The summed E-state index contributed by atoms with van der Waals surface area (Å²) < 4.78 is 0. The van der Waals surface area contributed by atoms with Gasteiger partial charge in [-0.2, -0.15) is 0 Å². The Morgan fingerprint density at radius 2 is 2.18 bits per heavy atom. The Hall–Kier alpha value is -1.26. The zero-order chi connectivity index (χ0) is 12.1. The molecular weight excluding hydrogens is 230 g/mol. The van der Waals surface area contributed by atoms with E-state index in [1.807, 2.05) is 18.5 Å². The molecule has 3 nitrogen and oxygen atoms in total. The third-order valence-electron chi connectivity index (χ3n) is 2.58. The molecule has 2 rings (SSSR count). The molecule has 0 saturated heterocycles. The summed E-state index contributed by atoms with van der Waals surface area (Å²) in [5, 5.41) is 4.33. The lowest BCUT2D eigenvalue weighted by Crippen LogP contribution is -2.10. The smallest absolute Gasteiger partial charge is 0.142 e. The fraction of sp³-hybridized carbons (Fsp3) is 0.385. The van der Waals surface area contributed by atoms with Crippen molar-refractivity contribution in [3.63, 3.8) is 0 Å². The predicted octanol–water partition coefficient (Wildman–Crippen LogP) is 2.88. The van der Waals surface area contributed by atoms with Crippen LogP contribution in [-0.4, -0.2) is 16.5 Å². The maximum Gasteiger partial charge on any atom is 0.142 e. The highest BCUT2D eigenvalue weighted by atomic mass is 32.1. The molecule has 0 aliphatic heterocycles. The van der Waals surface area contributed by atoms with Gasteiger partial charge in [0, 0.05) is 23.8 Å². The highest BCUT2D eigenvalue weighted by Gasteiger charge is 2.09. The van der Waals surface area contributed by atoms with E-state index >= 15 is 0 Å². The zero-order valence-corrected chi connectivity index (χ0v) is 11.0. The Balaban J connectivity index is 2.24. The molecule has 1 N–H and O–H groups in total.